The number of aromatic nitrogens is 2. The van der Waals surface area contributed by atoms with Crippen LogP contribution in [0.25, 0.3) is 0 Å². The molecule has 0 spiro atoms. The Morgan fingerprint density at radius 3 is 2.62 bits per heavy atom. The fourth-order valence-corrected chi connectivity index (χ4v) is 3.78. The molecule has 1 N–H and O–H groups in total. The van der Waals surface area contributed by atoms with Crippen LogP contribution >= 0.6 is 23.4 Å². The number of hydrogen-bond donors (Lipinski definition) is 1. The number of anilines is 1. The van der Waals surface area contributed by atoms with Crippen LogP contribution in [0.4, 0.5) is 5.82 Å². The molecule has 1 aliphatic rings. The van der Waals surface area contributed by atoms with Crippen LogP contribution < -0.4 is 10.2 Å². The van der Waals surface area contributed by atoms with Crippen LogP contribution in [0, 0.1) is 0 Å². The van der Waals surface area contributed by atoms with Crippen molar-refractivity contribution < 1.29 is 9.59 Å². The molecule has 2 amide bonds. The smallest absolute Gasteiger partial charge is 0.257 e. The molecule has 29 heavy (non-hydrogen) atoms. The largest absolute Gasteiger partial charge is 0.353 e. The van der Waals surface area contributed by atoms with Crippen molar-refractivity contribution in [1.29, 1.82) is 0 Å². The van der Waals surface area contributed by atoms with Gasteiger partial charge in [-0.25, -0.2) is 9.97 Å². The number of pyridine rings is 2. The summed E-state index contributed by atoms with van der Waals surface area (Å²) >= 11 is 7.83. The summed E-state index contributed by atoms with van der Waals surface area (Å²) < 4.78 is 0. The summed E-state index contributed by atoms with van der Waals surface area (Å²) in [6, 6.07) is 7.04. The van der Waals surface area contributed by atoms with E-state index in [1.807, 2.05) is 6.07 Å². The summed E-state index contributed by atoms with van der Waals surface area (Å²) in [5, 5.41) is 3.12. The molecule has 1 fully saturated rings. The second kappa shape index (κ2) is 10.5. The Bertz CT molecular complexity index is 841. The number of amides is 2. The van der Waals surface area contributed by atoms with Gasteiger partial charge in [0.15, 0.2) is 0 Å². The second-order valence-electron chi connectivity index (χ2n) is 6.48. The second-order valence-corrected chi connectivity index (χ2v) is 8.23. The molecule has 0 unspecified atom stereocenters. The molecule has 3 rings (SSSR count). The summed E-state index contributed by atoms with van der Waals surface area (Å²) in [6.07, 6.45) is 3.17. The molecule has 0 radical (unpaired) electrons. The van der Waals surface area contributed by atoms with E-state index < -0.39 is 0 Å². The van der Waals surface area contributed by atoms with Crippen LogP contribution in [0.5, 0.6) is 0 Å². The van der Waals surface area contributed by atoms with Crippen molar-refractivity contribution in [2.75, 3.05) is 49.1 Å². The molecule has 7 nitrogen and oxygen atoms in total. The highest BCUT2D eigenvalue weighted by atomic mass is 35.5. The first-order valence-electron chi connectivity index (χ1n) is 9.57. The quantitative estimate of drug-likeness (QED) is 0.534. The number of rotatable bonds is 7. The summed E-state index contributed by atoms with van der Waals surface area (Å²) in [7, 11) is 0. The maximum atomic E-state index is 12.6. The molecule has 1 saturated heterocycles. The number of halogens is 1. The van der Waals surface area contributed by atoms with Gasteiger partial charge in [0.1, 0.15) is 11.0 Å². The highest BCUT2D eigenvalue weighted by molar-refractivity contribution is 7.99. The summed E-state index contributed by atoms with van der Waals surface area (Å²) in [6.45, 7) is 5.22. The monoisotopic (exact) mass is 433 g/mol. The van der Waals surface area contributed by atoms with E-state index in [0.717, 1.165) is 17.3 Å². The predicted molar refractivity (Wildman–Crippen MR) is 117 cm³/mol. The first-order valence-corrected chi connectivity index (χ1v) is 11.1. The molecule has 0 aliphatic carbocycles. The zero-order valence-electron chi connectivity index (χ0n) is 16.3. The summed E-state index contributed by atoms with van der Waals surface area (Å²) in [4.78, 5) is 37.1. The molecule has 9 heteroatoms. The van der Waals surface area contributed by atoms with Gasteiger partial charge in [-0.15, -0.1) is 0 Å². The van der Waals surface area contributed by atoms with E-state index in [2.05, 4.69) is 27.1 Å². The fraction of sp³-hybridized carbons (Fsp3) is 0.400. The highest BCUT2D eigenvalue weighted by Crippen LogP contribution is 2.18. The van der Waals surface area contributed by atoms with E-state index in [1.54, 1.807) is 47.3 Å². The SMILES string of the molecule is CCSCCNC(=O)c1ccc(N2CCN(C(=O)c3cccnc3Cl)CC2)nc1. The topological polar surface area (TPSA) is 78.4 Å². The molecule has 1 aliphatic heterocycles. The lowest BCUT2D eigenvalue weighted by Crippen LogP contribution is -2.49. The van der Waals surface area contributed by atoms with Gasteiger partial charge in [-0.1, -0.05) is 18.5 Å². The first kappa shape index (κ1) is 21.4. The Morgan fingerprint density at radius 1 is 1.17 bits per heavy atom. The number of nitrogens with one attached hydrogen (secondary N) is 1. The van der Waals surface area contributed by atoms with Gasteiger partial charge in [0, 0.05) is 50.9 Å². The van der Waals surface area contributed by atoms with Gasteiger partial charge in [-0.2, -0.15) is 11.8 Å². The van der Waals surface area contributed by atoms with Gasteiger partial charge in [-0.3, -0.25) is 9.59 Å². The molecule has 0 bridgehead atoms. The first-order chi connectivity index (χ1) is 14.1. The standard InChI is InChI=1S/C20H24ClN5O2S/c1-2-29-13-8-23-19(27)15-5-6-17(24-14-15)25-9-11-26(12-10-25)20(28)16-4-3-7-22-18(16)21/h3-7,14H,2,8-13H2,1H3,(H,23,27). The Kier molecular flexibility index (Phi) is 7.71. The number of thioether (sulfide) groups is 1. The third-order valence-corrected chi connectivity index (χ3v) is 5.83. The molecular formula is C20H24ClN5O2S. The van der Waals surface area contributed by atoms with Crippen molar-refractivity contribution in [3.05, 3.63) is 52.9 Å². The minimum Gasteiger partial charge on any atom is -0.353 e. The Labute approximate surface area is 179 Å². The maximum absolute atomic E-state index is 12.6. The van der Waals surface area contributed by atoms with E-state index in [4.69, 9.17) is 11.6 Å². The number of carbonyl (C=O) groups is 2. The Hall–Kier alpha value is -2.32. The molecule has 154 valence electrons. The lowest BCUT2D eigenvalue weighted by atomic mass is 10.2. The third kappa shape index (κ3) is 5.61. The van der Waals surface area contributed by atoms with E-state index in [9.17, 15) is 9.59 Å². The molecule has 0 atom stereocenters. The van der Waals surface area contributed by atoms with Crippen molar-refractivity contribution in [1.82, 2.24) is 20.2 Å². The normalized spacial score (nSPS) is 14.0. The van der Waals surface area contributed by atoms with Crippen molar-refractivity contribution >= 4 is 41.0 Å². The number of carbonyl (C=O) groups excluding carboxylic acids is 2. The molecule has 2 aromatic rings. The highest BCUT2D eigenvalue weighted by Gasteiger charge is 2.24. The average molecular weight is 434 g/mol. The molecular weight excluding hydrogens is 410 g/mol. The van der Waals surface area contributed by atoms with Crippen LogP contribution in [0.1, 0.15) is 27.6 Å². The van der Waals surface area contributed by atoms with Crippen LogP contribution in [0.2, 0.25) is 5.15 Å². The predicted octanol–water partition coefficient (Wildman–Crippen LogP) is 2.58. The third-order valence-electron chi connectivity index (χ3n) is 4.63. The molecule has 3 heterocycles. The zero-order chi connectivity index (χ0) is 20.6. The van der Waals surface area contributed by atoms with Gasteiger partial charge < -0.3 is 15.1 Å². The van der Waals surface area contributed by atoms with Crippen molar-refractivity contribution in [3.8, 4) is 0 Å². The minimum absolute atomic E-state index is 0.107. The minimum atomic E-state index is -0.107. The number of hydrogen-bond acceptors (Lipinski definition) is 6. The van der Waals surface area contributed by atoms with E-state index in [-0.39, 0.29) is 17.0 Å². The van der Waals surface area contributed by atoms with E-state index in [0.29, 0.717) is 43.9 Å². The van der Waals surface area contributed by atoms with Crippen molar-refractivity contribution in [2.45, 2.75) is 6.92 Å². The summed E-state index contributed by atoms with van der Waals surface area (Å²) in [5.74, 6) is 2.53. The van der Waals surface area contributed by atoms with Crippen LogP contribution in [-0.2, 0) is 0 Å². The number of piperazine rings is 1. The molecule has 0 aromatic carbocycles. The van der Waals surface area contributed by atoms with Gasteiger partial charge in [0.25, 0.3) is 11.8 Å². The maximum Gasteiger partial charge on any atom is 0.257 e. The van der Waals surface area contributed by atoms with Crippen LogP contribution in [0.15, 0.2) is 36.7 Å². The average Bonchev–Trinajstić information content (AvgIpc) is 2.77. The number of nitrogens with zero attached hydrogens (tertiary/aromatic N) is 4. The van der Waals surface area contributed by atoms with Crippen molar-refractivity contribution in [3.63, 3.8) is 0 Å². The zero-order valence-corrected chi connectivity index (χ0v) is 17.9. The lowest BCUT2D eigenvalue weighted by molar-refractivity contribution is 0.0746. The van der Waals surface area contributed by atoms with Crippen molar-refractivity contribution in [2.24, 2.45) is 0 Å². The van der Waals surface area contributed by atoms with Gasteiger partial charge in [-0.05, 0) is 30.0 Å². The van der Waals surface area contributed by atoms with Gasteiger partial charge in [0.05, 0.1) is 11.1 Å². The van der Waals surface area contributed by atoms with Gasteiger partial charge in [0.2, 0.25) is 0 Å². The fourth-order valence-electron chi connectivity index (χ4n) is 3.05. The lowest BCUT2D eigenvalue weighted by Gasteiger charge is -2.35. The van der Waals surface area contributed by atoms with E-state index >= 15 is 0 Å². The van der Waals surface area contributed by atoms with Crippen LogP contribution in [0.3, 0.4) is 0 Å². The Balaban J connectivity index is 1.52. The van der Waals surface area contributed by atoms with Gasteiger partial charge >= 0.3 is 0 Å². The molecule has 2 aromatic heterocycles. The Morgan fingerprint density at radius 2 is 1.97 bits per heavy atom. The van der Waals surface area contributed by atoms with E-state index in [1.165, 1.54) is 0 Å². The molecule has 0 saturated carbocycles. The summed E-state index contributed by atoms with van der Waals surface area (Å²) in [5.41, 5.74) is 0.976. The van der Waals surface area contributed by atoms with Crippen LogP contribution in [-0.4, -0.2) is 70.9 Å².